The molecule has 0 aromatic heterocycles. The average molecular weight is 321 g/mol. The monoisotopic (exact) mass is 319 g/mol. The van der Waals surface area contributed by atoms with Gasteiger partial charge >= 0.3 is 0 Å². The van der Waals surface area contributed by atoms with Crippen LogP contribution in [0.1, 0.15) is 38.2 Å². The highest BCUT2D eigenvalue weighted by Gasteiger charge is 2.31. The Kier molecular flexibility index (Phi) is 4.11. The molecule has 0 spiro atoms. The minimum atomic E-state index is -0.307. The van der Waals surface area contributed by atoms with Crippen LogP contribution in [-0.2, 0) is 5.54 Å². The zero-order valence-corrected chi connectivity index (χ0v) is 12.2. The molecule has 2 rings (SSSR count). The number of benzene rings is 1. The summed E-state index contributed by atoms with van der Waals surface area (Å²) in [4.78, 5) is 0. The number of hydrogen-bond acceptors (Lipinski definition) is 1. The van der Waals surface area contributed by atoms with Crippen molar-refractivity contribution in [1.82, 2.24) is 5.32 Å². The molecule has 1 saturated heterocycles. The minimum absolute atomic E-state index is 0.176. The Hall–Kier alpha value is -0.120. The van der Waals surface area contributed by atoms with Gasteiger partial charge in [0.15, 0.2) is 0 Å². The topological polar surface area (TPSA) is 12.0 Å². The van der Waals surface area contributed by atoms with Crippen LogP contribution in [0.2, 0.25) is 5.02 Å². The van der Waals surface area contributed by atoms with Crippen molar-refractivity contribution in [1.29, 1.82) is 0 Å². The van der Waals surface area contributed by atoms with Gasteiger partial charge in [0.1, 0.15) is 5.82 Å². The molecule has 1 aromatic carbocycles. The molecule has 0 radical (unpaired) electrons. The van der Waals surface area contributed by atoms with Crippen molar-refractivity contribution in [2.24, 2.45) is 0 Å². The second-order valence-electron chi connectivity index (χ2n) is 4.79. The van der Waals surface area contributed by atoms with Crippen LogP contribution >= 0.6 is 27.5 Å². The predicted molar refractivity (Wildman–Crippen MR) is 72.9 cm³/mol. The molecule has 1 nitrogen and oxygen atoms in total. The lowest BCUT2D eigenvalue weighted by Gasteiger charge is -2.30. The Morgan fingerprint density at radius 3 is 2.88 bits per heavy atom. The molecule has 4 heteroatoms. The lowest BCUT2D eigenvalue weighted by atomic mass is 9.87. The van der Waals surface area contributed by atoms with Crippen molar-refractivity contribution >= 4 is 27.5 Å². The van der Waals surface area contributed by atoms with Crippen LogP contribution in [-0.4, -0.2) is 6.54 Å². The lowest BCUT2D eigenvalue weighted by molar-refractivity contribution is 0.345. The van der Waals surface area contributed by atoms with E-state index >= 15 is 0 Å². The van der Waals surface area contributed by atoms with Gasteiger partial charge in [-0.15, -0.1) is 0 Å². The highest BCUT2D eigenvalue weighted by molar-refractivity contribution is 9.10. The summed E-state index contributed by atoms with van der Waals surface area (Å²) in [6, 6.07) is 3.64. The van der Waals surface area contributed by atoms with Gasteiger partial charge in [0.05, 0.1) is 5.02 Å². The molecule has 0 amide bonds. The summed E-state index contributed by atoms with van der Waals surface area (Å²) in [7, 11) is 0. The fraction of sp³-hybridized carbons (Fsp3) is 0.538. The Labute approximate surface area is 115 Å². The van der Waals surface area contributed by atoms with E-state index in [2.05, 4.69) is 28.2 Å². The van der Waals surface area contributed by atoms with Crippen LogP contribution in [0.15, 0.2) is 16.6 Å². The molecule has 1 heterocycles. The van der Waals surface area contributed by atoms with Gasteiger partial charge in [-0.2, -0.15) is 0 Å². The summed E-state index contributed by atoms with van der Waals surface area (Å²) in [5.74, 6) is -0.307. The van der Waals surface area contributed by atoms with Crippen LogP contribution in [0.4, 0.5) is 4.39 Å². The molecule has 0 bridgehead atoms. The summed E-state index contributed by atoms with van der Waals surface area (Å²) >= 11 is 9.20. The first-order chi connectivity index (χ1) is 8.04. The molecule has 17 heavy (non-hydrogen) atoms. The fourth-order valence-electron chi connectivity index (χ4n) is 2.41. The molecule has 1 fully saturated rings. The van der Waals surface area contributed by atoms with Crippen molar-refractivity contribution in [3.63, 3.8) is 0 Å². The van der Waals surface area contributed by atoms with Crippen molar-refractivity contribution < 1.29 is 4.39 Å². The Balaban J connectivity index is 2.41. The summed E-state index contributed by atoms with van der Waals surface area (Å²) in [6.45, 7) is 2.99. The van der Waals surface area contributed by atoms with Crippen LogP contribution < -0.4 is 5.32 Å². The van der Waals surface area contributed by atoms with Gasteiger partial charge < -0.3 is 5.32 Å². The molecule has 1 aliphatic rings. The zero-order valence-electron chi connectivity index (χ0n) is 9.82. The van der Waals surface area contributed by atoms with Gasteiger partial charge in [-0.25, -0.2) is 4.39 Å². The average Bonchev–Trinajstić information content (AvgIpc) is 2.52. The minimum Gasteiger partial charge on any atom is -0.308 e. The molecule has 0 saturated carbocycles. The SMILES string of the molecule is CC1(c2ccc(Br)c(Cl)c2F)CCCCCN1. The summed E-state index contributed by atoms with van der Waals surface area (Å²) in [6.07, 6.45) is 4.43. The fourth-order valence-corrected chi connectivity index (χ4v) is 2.89. The number of hydrogen-bond donors (Lipinski definition) is 1. The molecule has 1 aromatic rings. The van der Waals surface area contributed by atoms with Gasteiger partial charge in [-0.1, -0.05) is 30.5 Å². The van der Waals surface area contributed by atoms with Crippen molar-refractivity contribution in [3.05, 3.63) is 33.0 Å². The first-order valence-electron chi connectivity index (χ1n) is 5.93. The van der Waals surface area contributed by atoms with Crippen LogP contribution in [0.25, 0.3) is 0 Å². The third-order valence-electron chi connectivity index (χ3n) is 3.50. The van der Waals surface area contributed by atoms with Gasteiger partial charge in [0.25, 0.3) is 0 Å². The summed E-state index contributed by atoms with van der Waals surface area (Å²) in [5, 5.41) is 3.62. The van der Waals surface area contributed by atoms with Gasteiger partial charge in [0, 0.05) is 15.6 Å². The van der Waals surface area contributed by atoms with Crippen molar-refractivity contribution in [3.8, 4) is 0 Å². The maximum absolute atomic E-state index is 14.2. The first kappa shape index (κ1) is 13.3. The smallest absolute Gasteiger partial charge is 0.147 e. The Bertz CT molecular complexity index is 414. The van der Waals surface area contributed by atoms with E-state index < -0.39 is 0 Å². The summed E-state index contributed by atoms with van der Waals surface area (Å²) in [5.41, 5.74) is 0.373. The molecule has 94 valence electrons. The van der Waals surface area contributed by atoms with E-state index in [4.69, 9.17) is 11.6 Å². The largest absolute Gasteiger partial charge is 0.308 e. The van der Waals surface area contributed by atoms with E-state index in [-0.39, 0.29) is 16.4 Å². The summed E-state index contributed by atoms with van der Waals surface area (Å²) < 4.78 is 14.8. The molecule has 1 unspecified atom stereocenters. The van der Waals surface area contributed by atoms with E-state index in [0.717, 1.165) is 25.8 Å². The second-order valence-corrected chi connectivity index (χ2v) is 6.02. The highest BCUT2D eigenvalue weighted by Crippen LogP contribution is 2.36. The van der Waals surface area contributed by atoms with Crippen LogP contribution in [0.5, 0.6) is 0 Å². The van der Waals surface area contributed by atoms with Crippen LogP contribution in [0, 0.1) is 5.82 Å². The zero-order chi connectivity index (χ0) is 12.5. The normalized spacial score (nSPS) is 25.6. The number of halogens is 3. The Morgan fingerprint density at radius 1 is 1.35 bits per heavy atom. The molecule has 0 aliphatic carbocycles. The van der Waals surface area contributed by atoms with E-state index in [1.54, 1.807) is 0 Å². The lowest BCUT2D eigenvalue weighted by Crippen LogP contribution is -2.39. The van der Waals surface area contributed by atoms with Gasteiger partial charge in [-0.3, -0.25) is 0 Å². The molecular weight excluding hydrogens is 305 g/mol. The number of rotatable bonds is 1. The quantitative estimate of drug-likeness (QED) is 0.745. The second kappa shape index (κ2) is 5.25. The first-order valence-corrected chi connectivity index (χ1v) is 7.11. The highest BCUT2D eigenvalue weighted by atomic mass is 79.9. The molecule has 1 aliphatic heterocycles. The molecular formula is C13H16BrClFN. The molecule has 1 N–H and O–H groups in total. The van der Waals surface area contributed by atoms with Gasteiger partial charge in [-0.05, 0) is 48.3 Å². The van der Waals surface area contributed by atoms with E-state index in [1.807, 2.05) is 12.1 Å². The molecule has 1 atom stereocenters. The number of nitrogens with one attached hydrogen (secondary N) is 1. The van der Waals surface area contributed by atoms with Crippen molar-refractivity contribution in [2.75, 3.05) is 6.54 Å². The van der Waals surface area contributed by atoms with Gasteiger partial charge in [0.2, 0.25) is 0 Å². The standard InChI is InChI=1S/C13H16BrClFN/c1-13(7-3-2-4-8-17-13)9-5-6-10(14)11(15)12(9)16/h5-6,17H,2-4,7-8H2,1H3. The maximum Gasteiger partial charge on any atom is 0.147 e. The third kappa shape index (κ3) is 2.67. The third-order valence-corrected chi connectivity index (χ3v) is 4.76. The van der Waals surface area contributed by atoms with Crippen molar-refractivity contribution in [2.45, 2.75) is 38.1 Å². The van der Waals surface area contributed by atoms with E-state index in [0.29, 0.717) is 10.0 Å². The van der Waals surface area contributed by atoms with E-state index in [1.165, 1.54) is 6.42 Å². The predicted octanol–water partition coefficient (Wildman–Crippen LogP) is 4.62. The Morgan fingerprint density at radius 2 is 2.12 bits per heavy atom. The maximum atomic E-state index is 14.2. The van der Waals surface area contributed by atoms with E-state index in [9.17, 15) is 4.39 Å². The van der Waals surface area contributed by atoms with Crippen LogP contribution in [0.3, 0.4) is 0 Å².